The number of hydrogen-bond acceptors (Lipinski definition) is 9. The first-order valence-corrected chi connectivity index (χ1v) is 16.8. The quantitative estimate of drug-likeness (QED) is 0.387. The van der Waals surface area contributed by atoms with Crippen LogP contribution in [0.1, 0.15) is 86.3 Å². The third kappa shape index (κ3) is 7.44. The molecule has 1 aliphatic carbocycles. The van der Waals surface area contributed by atoms with Crippen LogP contribution in [0.3, 0.4) is 0 Å². The van der Waals surface area contributed by atoms with Gasteiger partial charge < -0.3 is 29.2 Å². The summed E-state index contributed by atoms with van der Waals surface area (Å²) in [5.41, 5.74) is -1.60. The normalized spacial score (nSPS) is 29.5. The van der Waals surface area contributed by atoms with Gasteiger partial charge in [0.25, 0.3) is 5.92 Å². The van der Waals surface area contributed by atoms with Gasteiger partial charge in [0.15, 0.2) is 5.69 Å². The predicted molar refractivity (Wildman–Crippen MR) is 173 cm³/mol. The summed E-state index contributed by atoms with van der Waals surface area (Å²) < 4.78 is 55.2. The Morgan fingerprint density at radius 2 is 1.90 bits per heavy atom. The summed E-state index contributed by atoms with van der Waals surface area (Å²) in [7, 11) is 1.49. The van der Waals surface area contributed by atoms with Crippen LogP contribution in [0.2, 0.25) is 0 Å². The van der Waals surface area contributed by atoms with Crippen molar-refractivity contribution in [2.75, 3.05) is 20.3 Å². The van der Waals surface area contributed by atoms with Crippen LogP contribution in [0.15, 0.2) is 18.2 Å². The predicted octanol–water partition coefficient (Wildman–Crippen LogP) is 6.02. The molecule has 2 aliphatic heterocycles. The maximum atomic E-state index is 16.1. The van der Waals surface area contributed by atoms with Gasteiger partial charge in [-0.2, -0.15) is 8.78 Å². The molecule has 1 N–H and O–H groups in total. The molecule has 2 fully saturated rings. The number of amides is 2. The van der Waals surface area contributed by atoms with Crippen molar-refractivity contribution >= 4 is 29.0 Å². The third-order valence-electron chi connectivity index (χ3n) is 9.68. The molecule has 2 bridgehead atoms. The average Bonchev–Trinajstić information content (AvgIpc) is 3.52. The van der Waals surface area contributed by atoms with E-state index in [0.717, 1.165) is 0 Å². The zero-order valence-corrected chi connectivity index (χ0v) is 29.1. The van der Waals surface area contributed by atoms with Gasteiger partial charge in [-0.3, -0.25) is 4.79 Å². The summed E-state index contributed by atoms with van der Waals surface area (Å²) in [5.74, 6) is -5.14. The fourth-order valence-corrected chi connectivity index (χ4v) is 6.61. The zero-order valence-electron chi connectivity index (χ0n) is 29.1. The molecule has 1 aromatic carbocycles. The van der Waals surface area contributed by atoms with Crippen molar-refractivity contribution in [1.82, 2.24) is 20.2 Å². The van der Waals surface area contributed by atoms with Gasteiger partial charge in [0.1, 0.15) is 29.5 Å². The van der Waals surface area contributed by atoms with E-state index in [9.17, 15) is 14.4 Å². The fourth-order valence-electron chi connectivity index (χ4n) is 6.61. The third-order valence-corrected chi connectivity index (χ3v) is 9.68. The van der Waals surface area contributed by atoms with Crippen molar-refractivity contribution in [2.45, 2.75) is 110 Å². The summed E-state index contributed by atoms with van der Waals surface area (Å²) in [6.07, 6.45) is -0.286. The van der Waals surface area contributed by atoms with Crippen LogP contribution in [0, 0.1) is 23.2 Å². The number of methoxy groups -OCH3 is 1. The van der Waals surface area contributed by atoms with Crippen LogP contribution in [0.25, 0.3) is 11.0 Å². The molecule has 264 valence electrons. The summed E-state index contributed by atoms with van der Waals surface area (Å²) in [6.45, 7) is 12.7. The molecule has 6 atom stereocenters. The lowest BCUT2D eigenvalue weighted by Crippen LogP contribution is -2.57. The van der Waals surface area contributed by atoms with Crippen molar-refractivity contribution in [3.8, 4) is 11.6 Å². The van der Waals surface area contributed by atoms with E-state index < -0.39 is 71.1 Å². The minimum atomic E-state index is -3.39. The van der Waals surface area contributed by atoms with Crippen molar-refractivity contribution in [1.29, 1.82) is 0 Å². The molecule has 48 heavy (non-hydrogen) atoms. The summed E-state index contributed by atoms with van der Waals surface area (Å²) in [4.78, 5) is 51.4. The van der Waals surface area contributed by atoms with Crippen molar-refractivity contribution in [3.05, 3.63) is 23.9 Å². The molecule has 5 rings (SSSR count). The van der Waals surface area contributed by atoms with E-state index in [1.807, 2.05) is 20.8 Å². The smallest absolute Gasteiger partial charge is 0.408 e. The average molecular weight is 675 g/mol. The highest BCUT2D eigenvalue weighted by atomic mass is 19.3. The number of carbonyl (C=O) groups excluding carboxylic acids is 3. The van der Waals surface area contributed by atoms with E-state index in [4.69, 9.17) is 18.9 Å². The highest BCUT2D eigenvalue weighted by Gasteiger charge is 2.55. The standard InChI is InChI=1S/C35H48F2N4O7/c1-19(2)18-46-31(43)26-20(3)25-17-41(26)30(42)28(33(4,5)6)40-32(44)48-34(7)16-21(34)11-9-10-14-35(36,37)27-29(47-25)39-24-15-22(45-8)12-13-23(24)38-27/h12-13,15,19-21,25-26,28H,9-11,14,16-18H2,1-8H3,(H,40,44). The number of aromatic nitrogens is 2. The Bertz CT molecular complexity index is 1550. The summed E-state index contributed by atoms with van der Waals surface area (Å²) in [6, 6.07) is 2.58. The number of rotatable bonds is 4. The largest absolute Gasteiger partial charge is 0.497 e. The topological polar surface area (TPSA) is 129 Å². The molecule has 2 amide bonds. The van der Waals surface area contributed by atoms with Gasteiger partial charge in [0, 0.05) is 24.3 Å². The summed E-state index contributed by atoms with van der Waals surface area (Å²) >= 11 is 0. The Kier molecular flexibility index (Phi) is 9.82. The van der Waals surface area contributed by atoms with Crippen LogP contribution < -0.4 is 14.8 Å². The van der Waals surface area contributed by atoms with Crippen molar-refractivity contribution in [3.63, 3.8) is 0 Å². The maximum absolute atomic E-state index is 16.1. The lowest BCUT2D eigenvalue weighted by Gasteiger charge is -2.35. The number of fused-ring (bicyclic) bond motifs is 5. The molecule has 3 aliphatic rings. The van der Waals surface area contributed by atoms with E-state index in [2.05, 4.69) is 15.3 Å². The van der Waals surface area contributed by atoms with Crippen molar-refractivity contribution < 1.29 is 42.1 Å². The van der Waals surface area contributed by atoms with Gasteiger partial charge in [0.05, 0.1) is 31.3 Å². The molecule has 13 heteroatoms. The Morgan fingerprint density at radius 1 is 1.17 bits per heavy atom. The minimum Gasteiger partial charge on any atom is -0.497 e. The first-order chi connectivity index (χ1) is 22.4. The molecule has 11 nitrogen and oxygen atoms in total. The second-order valence-electron chi connectivity index (χ2n) is 15.2. The van der Waals surface area contributed by atoms with Gasteiger partial charge in [-0.05, 0) is 49.7 Å². The molecular formula is C35H48F2N4O7. The molecule has 0 radical (unpaired) electrons. The first kappa shape index (κ1) is 35.5. The molecule has 6 unspecified atom stereocenters. The Morgan fingerprint density at radius 3 is 2.56 bits per heavy atom. The van der Waals surface area contributed by atoms with Crippen LogP contribution in [0.4, 0.5) is 13.6 Å². The van der Waals surface area contributed by atoms with Crippen LogP contribution in [0.5, 0.6) is 11.6 Å². The minimum absolute atomic E-state index is 0.00850. The van der Waals surface area contributed by atoms with E-state index in [-0.39, 0.29) is 42.8 Å². The molecular weight excluding hydrogens is 626 g/mol. The van der Waals surface area contributed by atoms with Gasteiger partial charge in [-0.1, -0.05) is 48.0 Å². The van der Waals surface area contributed by atoms with Crippen molar-refractivity contribution in [2.24, 2.45) is 23.2 Å². The molecule has 1 saturated carbocycles. The second kappa shape index (κ2) is 13.3. The van der Waals surface area contributed by atoms with E-state index in [1.54, 1.807) is 45.9 Å². The number of alkyl halides is 2. The number of carbonyl (C=O) groups is 3. The van der Waals surface area contributed by atoms with E-state index in [0.29, 0.717) is 30.5 Å². The van der Waals surface area contributed by atoms with Gasteiger partial charge in [-0.25, -0.2) is 19.6 Å². The maximum Gasteiger partial charge on any atom is 0.408 e. The zero-order chi connectivity index (χ0) is 35.2. The monoisotopic (exact) mass is 674 g/mol. The lowest BCUT2D eigenvalue weighted by atomic mass is 9.85. The molecule has 3 heterocycles. The number of esters is 1. The number of ether oxygens (including phenoxy) is 4. The van der Waals surface area contributed by atoms with Gasteiger partial charge in [0.2, 0.25) is 11.8 Å². The number of alkyl carbamates (subject to hydrolysis) is 1. The Balaban J connectivity index is 1.59. The number of hydrogen-bond donors (Lipinski definition) is 1. The molecule has 1 saturated heterocycles. The summed E-state index contributed by atoms with van der Waals surface area (Å²) in [5, 5.41) is 2.78. The second-order valence-corrected chi connectivity index (χ2v) is 15.2. The molecule has 0 spiro atoms. The van der Waals surface area contributed by atoms with Crippen LogP contribution in [-0.4, -0.2) is 76.9 Å². The Labute approximate surface area is 280 Å². The fraction of sp³-hybridized carbons (Fsp3) is 0.686. The Hall–Kier alpha value is -3.77. The molecule has 2 aromatic rings. The number of nitrogens with one attached hydrogen (secondary N) is 1. The van der Waals surface area contributed by atoms with E-state index in [1.165, 1.54) is 12.0 Å². The van der Waals surface area contributed by atoms with Gasteiger partial charge >= 0.3 is 12.1 Å². The van der Waals surface area contributed by atoms with Crippen LogP contribution >= 0.6 is 0 Å². The SMILES string of the molecule is COc1ccc2nc3c(nc2c1)OC1CN(C(=O)C(C(C)(C)C)NC(=O)OC2(C)CC2CCCCC3(F)F)C(C(=O)OCC(C)C)C1C. The lowest BCUT2D eigenvalue weighted by molar-refractivity contribution is -0.156. The van der Waals surface area contributed by atoms with Crippen LogP contribution in [-0.2, 0) is 25.0 Å². The number of benzene rings is 1. The highest BCUT2D eigenvalue weighted by molar-refractivity contribution is 5.91. The number of nitrogens with zero attached hydrogens (tertiary/aromatic N) is 3. The highest BCUT2D eigenvalue weighted by Crippen LogP contribution is 2.50. The molecule has 1 aromatic heterocycles. The number of halogens is 2. The van der Waals surface area contributed by atoms with E-state index >= 15 is 8.78 Å². The first-order valence-electron chi connectivity index (χ1n) is 16.8. The van der Waals surface area contributed by atoms with Gasteiger partial charge in [-0.15, -0.1) is 0 Å².